The molecule has 1 N–H and O–H groups in total. The zero-order chi connectivity index (χ0) is 14.5. The average Bonchev–Trinajstić information content (AvgIpc) is 2.41. The number of aromatic carboxylic acids is 1. The second-order valence-corrected chi connectivity index (χ2v) is 4.13. The molecule has 0 saturated heterocycles. The van der Waals surface area contributed by atoms with Crippen molar-refractivity contribution in [3.05, 3.63) is 59.4 Å². The van der Waals surface area contributed by atoms with Gasteiger partial charge in [0.05, 0.1) is 6.61 Å². The van der Waals surface area contributed by atoms with E-state index < -0.39 is 11.8 Å². The van der Waals surface area contributed by atoms with E-state index in [9.17, 15) is 9.18 Å². The molecule has 5 heteroatoms. The van der Waals surface area contributed by atoms with Crippen LogP contribution in [0.1, 0.15) is 15.9 Å². The van der Waals surface area contributed by atoms with Gasteiger partial charge in [-0.2, -0.15) is 0 Å². The maximum Gasteiger partial charge on any atom is 0.339 e. The van der Waals surface area contributed by atoms with Gasteiger partial charge in [0, 0.05) is 7.11 Å². The third kappa shape index (κ3) is 3.33. The lowest BCUT2D eigenvalue weighted by atomic mass is 10.2. The molecule has 0 aliphatic carbocycles. The van der Waals surface area contributed by atoms with E-state index in [4.69, 9.17) is 14.6 Å². The number of hydrogen-bond donors (Lipinski definition) is 1. The van der Waals surface area contributed by atoms with Crippen molar-refractivity contribution >= 4 is 5.97 Å². The molecule has 0 atom stereocenters. The van der Waals surface area contributed by atoms with Gasteiger partial charge in [-0.15, -0.1) is 0 Å². The smallest absolute Gasteiger partial charge is 0.339 e. The minimum absolute atomic E-state index is 0.0912. The molecule has 0 bridgehead atoms. The second kappa shape index (κ2) is 6.16. The summed E-state index contributed by atoms with van der Waals surface area (Å²) in [6, 6.07) is 10.4. The highest BCUT2D eigenvalue weighted by molar-refractivity contribution is 5.91. The summed E-state index contributed by atoms with van der Waals surface area (Å²) in [6.45, 7) is 0.423. The molecule has 0 aromatic heterocycles. The van der Waals surface area contributed by atoms with E-state index in [1.165, 1.54) is 6.07 Å². The van der Waals surface area contributed by atoms with Crippen LogP contribution < -0.4 is 4.74 Å². The van der Waals surface area contributed by atoms with Crippen molar-refractivity contribution in [2.24, 2.45) is 0 Å². The van der Waals surface area contributed by atoms with Gasteiger partial charge in [-0.05, 0) is 35.9 Å². The first-order valence-electron chi connectivity index (χ1n) is 5.88. The van der Waals surface area contributed by atoms with Crippen LogP contribution in [0.5, 0.6) is 11.5 Å². The highest BCUT2D eigenvalue weighted by Gasteiger charge is 2.13. The zero-order valence-corrected chi connectivity index (χ0v) is 10.8. The number of ether oxygens (including phenoxy) is 2. The van der Waals surface area contributed by atoms with E-state index in [0.717, 1.165) is 17.7 Å². The molecule has 0 radical (unpaired) electrons. The van der Waals surface area contributed by atoms with E-state index in [2.05, 4.69) is 0 Å². The van der Waals surface area contributed by atoms with Crippen LogP contribution in [0.15, 0.2) is 42.5 Å². The Bertz CT molecular complexity index is 625. The van der Waals surface area contributed by atoms with Gasteiger partial charge in [-0.3, -0.25) is 0 Å². The van der Waals surface area contributed by atoms with Gasteiger partial charge in [0.1, 0.15) is 22.9 Å². The van der Waals surface area contributed by atoms with Crippen LogP contribution >= 0.6 is 0 Å². The molecule has 0 amide bonds. The quantitative estimate of drug-likeness (QED) is 0.908. The maximum atomic E-state index is 13.1. The van der Waals surface area contributed by atoms with Crippen molar-refractivity contribution < 1.29 is 23.8 Å². The number of halogens is 1. The number of hydrogen-bond acceptors (Lipinski definition) is 3. The molecule has 2 rings (SSSR count). The van der Waals surface area contributed by atoms with Crippen LogP contribution in [0.2, 0.25) is 0 Å². The first-order chi connectivity index (χ1) is 9.60. The molecule has 4 nitrogen and oxygen atoms in total. The van der Waals surface area contributed by atoms with Crippen LogP contribution in [0.25, 0.3) is 0 Å². The molecule has 0 saturated carbocycles. The molecule has 0 aliphatic rings. The standard InChI is InChI=1S/C15H13FO4/c1-19-9-10-3-2-4-12(7-10)20-14-6-5-11(16)8-13(14)15(17)18/h2-8H,9H2,1H3,(H,17,18). The predicted octanol–water partition coefficient (Wildman–Crippen LogP) is 3.46. The molecule has 2 aromatic carbocycles. The summed E-state index contributed by atoms with van der Waals surface area (Å²) in [5.74, 6) is -1.31. The fraction of sp³-hybridized carbons (Fsp3) is 0.133. The SMILES string of the molecule is COCc1cccc(Oc2ccc(F)cc2C(=O)O)c1. The van der Waals surface area contributed by atoms with E-state index in [-0.39, 0.29) is 11.3 Å². The lowest BCUT2D eigenvalue weighted by molar-refractivity contribution is 0.0693. The third-order valence-corrected chi connectivity index (χ3v) is 2.61. The first-order valence-corrected chi connectivity index (χ1v) is 5.88. The lowest BCUT2D eigenvalue weighted by Crippen LogP contribution is -2.01. The number of carbonyl (C=O) groups is 1. The van der Waals surface area contributed by atoms with Gasteiger partial charge in [0.25, 0.3) is 0 Å². The van der Waals surface area contributed by atoms with Gasteiger partial charge in [-0.25, -0.2) is 9.18 Å². The monoisotopic (exact) mass is 276 g/mol. The van der Waals surface area contributed by atoms with Crippen LogP contribution in [-0.4, -0.2) is 18.2 Å². The Kier molecular flexibility index (Phi) is 4.32. The van der Waals surface area contributed by atoms with E-state index in [1.807, 2.05) is 6.07 Å². The summed E-state index contributed by atoms with van der Waals surface area (Å²) in [5, 5.41) is 9.04. The first kappa shape index (κ1) is 14.0. The van der Waals surface area contributed by atoms with Crippen LogP contribution in [0, 0.1) is 5.82 Å². The van der Waals surface area contributed by atoms with Crippen molar-refractivity contribution in [3.8, 4) is 11.5 Å². The Morgan fingerprint density at radius 2 is 2.05 bits per heavy atom. The van der Waals surface area contributed by atoms with Crippen molar-refractivity contribution in [2.45, 2.75) is 6.61 Å². The molecule has 104 valence electrons. The Morgan fingerprint density at radius 1 is 1.25 bits per heavy atom. The van der Waals surface area contributed by atoms with Gasteiger partial charge >= 0.3 is 5.97 Å². The zero-order valence-electron chi connectivity index (χ0n) is 10.8. The van der Waals surface area contributed by atoms with Gasteiger partial charge in [-0.1, -0.05) is 12.1 Å². The lowest BCUT2D eigenvalue weighted by Gasteiger charge is -2.10. The number of benzene rings is 2. The highest BCUT2D eigenvalue weighted by Crippen LogP contribution is 2.27. The topological polar surface area (TPSA) is 55.8 Å². The molecule has 0 unspecified atom stereocenters. The summed E-state index contributed by atoms with van der Waals surface area (Å²) in [4.78, 5) is 11.1. The Balaban J connectivity index is 2.30. The highest BCUT2D eigenvalue weighted by atomic mass is 19.1. The summed E-state index contributed by atoms with van der Waals surface area (Å²) >= 11 is 0. The molecule has 0 aliphatic heterocycles. The predicted molar refractivity (Wildman–Crippen MR) is 70.6 cm³/mol. The Hall–Kier alpha value is -2.40. The molecule has 0 spiro atoms. The minimum Gasteiger partial charge on any atom is -0.478 e. The van der Waals surface area contributed by atoms with Crippen LogP contribution in [0.4, 0.5) is 4.39 Å². The van der Waals surface area contributed by atoms with Gasteiger partial charge < -0.3 is 14.6 Å². The van der Waals surface area contributed by atoms with Crippen LogP contribution in [-0.2, 0) is 11.3 Å². The van der Waals surface area contributed by atoms with Gasteiger partial charge in [0.15, 0.2) is 0 Å². The summed E-state index contributed by atoms with van der Waals surface area (Å²) in [6.07, 6.45) is 0. The summed E-state index contributed by atoms with van der Waals surface area (Å²) in [5.41, 5.74) is 0.672. The molecular formula is C15H13FO4. The maximum absolute atomic E-state index is 13.1. The third-order valence-electron chi connectivity index (χ3n) is 2.61. The van der Waals surface area contributed by atoms with Crippen LogP contribution in [0.3, 0.4) is 0 Å². The molecule has 2 aromatic rings. The number of carboxylic acid groups (broad SMARTS) is 1. The Morgan fingerprint density at radius 3 is 2.75 bits per heavy atom. The van der Waals surface area contributed by atoms with E-state index >= 15 is 0 Å². The normalized spacial score (nSPS) is 10.3. The largest absolute Gasteiger partial charge is 0.478 e. The molecule has 0 heterocycles. The number of methoxy groups -OCH3 is 1. The average molecular weight is 276 g/mol. The number of carboxylic acids is 1. The second-order valence-electron chi connectivity index (χ2n) is 4.13. The minimum atomic E-state index is -1.24. The molecule has 0 fully saturated rings. The molecule has 20 heavy (non-hydrogen) atoms. The van der Waals surface area contributed by atoms with Crippen molar-refractivity contribution in [2.75, 3.05) is 7.11 Å². The summed E-state index contributed by atoms with van der Waals surface area (Å²) < 4.78 is 23.6. The summed E-state index contributed by atoms with van der Waals surface area (Å²) in [7, 11) is 1.58. The Labute approximate surface area is 115 Å². The van der Waals surface area contributed by atoms with Crippen molar-refractivity contribution in [1.29, 1.82) is 0 Å². The number of rotatable bonds is 5. The molecular weight excluding hydrogens is 263 g/mol. The van der Waals surface area contributed by atoms with Gasteiger partial charge in [0.2, 0.25) is 0 Å². The van der Waals surface area contributed by atoms with E-state index in [0.29, 0.717) is 12.4 Å². The fourth-order valence-corrected chi connectivity index (χ4v) is 1.75. The fourth-order valence-electron chi connectivity index (χ4n) is 1.75. The van der Waals surface area contributed by atoms with E-state index in [1.54, 1.807) is 25.3 Å². The van der Waals surface area contributed by atoms with Crippen molar-refractivity contribution in [1.82, 2.24) is 0 Å². The van der Waals surface area contributed by atoms with Crippen molar-refractivity contribution in [3.63, 3.8) is 0 Å².